The van der Waals surface area contributed by atoms with Gasteiger partial charge in [-0.3, -0.25) is 13.8 Å². The van der Waals surface area contributed by atoms with Crippen LogP contribution in [0.1, 0.15) is 226 Å². The van der Waals surface area contributed by atoms with Crippen LogP contribution in [0.4, 0.5) is 0 Å². The van der Waals surface area contributed by atoms with E-state index in [-0.39, 0.29) is 19.1 Å². The largest absolute Gasteiger partial charge is 0.472 e. The fourth-order valence-corrected chi connectivity index (χ4v) is 7.72. The molecule has 0 radical (unpaired) electrons. The third-order valence-electron chi connectivity index (χ3n) is 10.8. The summed E-state index contributed by atoms with van der Waals surface area (Å²) in [6.07, 6.45) is 44.6. The number of hydrogen-bond acceptors (Lipinski definition) is 5. The number of carbonyl (C=O) groups is 1. The average molecular weight is 802 g/mol. The van der Waals surface area contributed by atoms with Gasteiger partial charge in [0.1, 0.15) is 13.2 Å². The fourth-order valence-electron chi connectivity index (χ4n) is 6.98. The SMILES string of the molecule is CCCCCCCCCCCCCCCCCCCCCCCCCC/C=C/C(O)C(COP(=O)(O)OCC[N+](C)(C)C)NC(=O)CCCCCCCCC. The summed E-state index contributed by atoms with van der Waals surface area (Å²) in [5.41, 5.74) is 0. The molecule has 0 fully saturated rings. The van der Waals surface area contributed by atoms with Crippen LogP contribution in [0.5, 0.6) is 0 Å². The number of nitrogens with one attached hydrogen (secondary N) is 1. The molecule has 8 nitrogen and oxygen atoms in total. The van der Waals surface area contributed by atoms with E-state index in [0.717, 1.165) is 32.1 Å². The molecule has 3 N–H and O–H groups in total. The van der Waals surface area contributed by atoms with Crippen molar-refractivity contribution in [2.45, 2.75) is 238 Å². The predicted molar refractivity (Wildman–Crippen MR) is 235 cm³/mol. The molecule has 0 aliphatic carbocycles. The lowest BCUT2D eigenvalue weighted by Gasteiger charge is -2.25. The maximum atomic E-state index is 12.7. The van der Waals surface area contributed by atoms with Gasteiger partial charge in [0.2, 0.25) is 5.91 Å². The summed E-state index contributed by atoms with van der Waals surface area (Å²) in [6, 6.07) is -0.838. The Bertz CT molecular complexity index is 911. The molecule has 328 valence electrons. The van der Waals surface area contributed by atoms with Gasteiger partial charge in [-0.2, -0.15) is 0 Å². The van der Waals surface area contributed by atoms with Gasteiger partial charge in [0.15, 0.2) is 0 Å². The number of likely N-dealkylation sites (N-methyl/N-ethyl adjacent to an activating group) is 1. The molecule has 0 spiro atoms. The van der Waals surface area contributed by atoms with E-state index in [2.05, 4.69) is 19.2 Å². The van der Waals surface area contributed by atoms with Crippen molar-refractivity contribution in [1.82, 2.24) is 5.32 Å². The Balaban J connectivity index is 4.08. The number of aliphatic hydroxyl groups excluding tert-OH is 1. The van der Waals surface area contributed by atoms with Gasteiger partial charge in [-0.05, 0) is 19.3 Å². The second-order valence-corrected chi connectivity index (χ2v) is 18.9. The van der Waals surface area contributed by atoms with E-state index in [0.29, 0.717) is 17.4 Å². The summed E-state index contributed by atoms with van der Waals surface area (Å²) < 4.78 is 23.5. The molecule has 9 heteroatoms. The lowest BCUT2D eigenvalue weighted by molar-refractivity contribution is -0.870. The number of rotatable bonds is 43. The number of unbranched alkanes of at least 4 members (excludes halogenated alkanes) is 30. The van der Waals surface area contributed by atoms with Crippen LogP contribution >= 0.6 is 7.82 Å². The van der Waals surface area contributed by atoms with Crippen LogP contribution in [0, 0.1) is 0 Å². The van der Waals surface area contributed by atoms with Crippen LogP contribution in [0.3, 0.4) is 0 Å². The van der Waals surface area contributed by atoms with Crippen molar-refractivity contribution in [2.75, 3.05) is 40.9 Å². The first-order valence-electron chi connectivity index (χ1n) is 23.6. The molecule has 0 saturated carbocycles. The van der Waals surface area contributed by atoms with Crippen LogP contribution in [0.2, 0.25) is 0 Å². The third kappa shape index (κ3) is 41.2. The average Bonchev–Trinajstić information content (AvgIpc) is 3.13. The zero-order valence-corrected chi connectivity index (χ0v) is 38.1. The quantitative estimate of drug-likeness (QED) is 0.0245. The summed E-state index contributed by atoms with van der Waals surface area (Å²) in [4.78, 5) is 22.9. The van der Waals surface area contributed by atoms with E-state index >= 15 is 0 Å². The Labute approximate surface area is 342 Å². The van der Waals surface area contributed by atoms with Crippen molar-refractivity contribution in [3.8, 4) is 0 Å². The number of hydrogen-bond donors (Lipinski definition) is 3. The summed E-state index contributed by atoms with van der Waals surface area (Å²) in [7, 11) is 1.58. The number of phosphoric acid groups is 1. The highest BCUT2D eigenvalue weighted by molar-refractivity contribution is 7.47. The summed E-state index contributed by atoms with van der Waals surface area (Å²) in [5.74, 6) is -0.182. The van der Waals surface area contributed by atoms with Gasteiger partial charge in [-0.1, -0.05) is 212 Å². The molecule has 3 unspecified atom stereocenters. The minimum absolute atomic E-state index is 0.0641. The van der Waals surface area contributed by atoms with Crippen molar-refractivity contribution in [2.24, 2.45) is 0 Å². The normalized spacial score (nSPS) is 14.4. The first-order chi connectivity index (χ1) is 26.5. The third-order valence-corrected chi connectivity index (χ3v) is 11.7. The summed E-state index contributed by atoms with van der Waals surface area (Å²) in [5, 5.41) is 13.8. The first-order valence-corrected chi connectivity index (χ1v) is 25.1. The lowest BCUT2D eigenvalue weighted by atomic mass is 10.0. The Morgan fingerprint density at radius 2 is 0.964 bits per heavy atom. The van der Waals surface area contributed by atoms with Crippen LogP contribution < -0.4 is 5.32 Å². The monoisotopic (exact) mass is 802 g/mol. The molecule has 0 heterocycles. The van der Waals surface area contributed by atoms with Gasteiger partial charge in [0.25, 0.3) is 0 Å². The topological polar surface area (TPSA) is 105 Å². The van der Waals surface area contributed by atoms with Gasteiger partial charge < -0.3 is 19.8 Å². The molecule has 0 saturated heterocycles. The fraction of sp³-hybridized carbons (Fsp3) is 0.935. The molecular weight excluding hydrogens is 707 g/mol. The van der Waals surface area contributed by atoms with E-state index in [1.54, 1.807) is 6.08 Å². The summed E-state index contributed by atoms with van der Waals surface area (Å²) in [6.45, 7) is 4.78. The number of aliphatic hydroxyl groups is 1. The van der Waals surface area contributed by atoms with Crippen molar-refractivity contribution in [3.05, 3.63) is 12.2 Å². The van der Waals surface area contributed by atoms with Crippen molar-refractivity contribution < 1.29 is 32.9 Å². The molecule has 0 rings (SSSR count). The zero-order valence-electron chi connectivity index (χ0n) is 37.2. The van der Waals surface area contributed by atoms with E-state index < -0.39 is 20.0 Å². The second kappa shape index (κ2) is 38.7. The molecule has 55 heavy (non-hydrogen) atoms. The maximum absolute atomic E-state index is 12.7. The molecule has 0 aliphatic rings. The Kier molecular flexibility index (Phi) is 38.2. The number of phosphoric ester groups is 1. The number of amides is 1. The van der Waals surface area contributed by atoms with Crippen LogP contribution in [-0.4, -0.2) is 73.4 Å². The highest BCUT2D eigenvalue weighted by atomic mass is 31.2. The van der Waals surface area contributed by atoms with Gasteiger partial charge in [-0.25, -0.2) is 4.57 Å². The Hall–Kier alpha value is -0.760. The Morgan fingerprint density at radius 1 is 0.600 bits per heavy atom. The highest BCUT2D eigenvalue weighted by Crippen LogP contribution is 2.43. The molecule has 0 aromatic carbocycles. The van der Waals surface area contributed by atoms with Crippen molar-refractivity contribution in [1.29, 1.82) is 0 Å². The number of carbonyl (C=O) groups excluding carboxylic acids is 1. The number of quaternary nitrogens is 1. The second-order valence-electron chi connectivity index (χ2n) is 17.5. The van der Waals surface area contributed by atoms with Crippen LogP contribution in [0.25, 0.3) is 0 Å². The van der Waals surface area contributed by atoms with Crippen LogP contribution in [-0.2, 0) is 18.4 Å². The van der Waals surface area contributed by atoms with Crippen LogP contribution in [0.15, 0.2) is 12.2 Å². The van der Waals surface area contributed by atoms with Gasteiger partial charge in [-0.15, -0.1) is 0 Å². The minimum Gasteiger partial charge on any atom is -0.387 e. The maximum Gasteiger partial charge on any atom is 0.472 e. The molecular formula is C46H94N2O6P+. The predicted octanol–water partition coefficient (Wildman–Crippen LogP) is 13.1. The number of allylic oxidation sites excluding steroid dienone is 1. The minimum atomic E-state index is -4.32. The molecule has 0 bridgehead atoms. The van der Waals surface area contributed by atoms with E-state index in [4.69, 9.17) is 9.05 Å². The molecule has 0 aromatic rings. The lowest BCUT2D eigenvalue weighted by Crippen LogP contribution is -2.45. The highest BCUT2D eigenvalue weighted by Gasteiger charge is 2.27. The molecule has 1 amide bonds. The van der Waals surface area contributed by atoms with Crippen molar-refractivity contribution >= 4 is 13.7 Å². The number of nitrogens with zero attached hydrogens (tertiary/aromatic N) is 1. The summed E-state index contributed by atoms with van der Waals surface area (Å²) >= 11 is 0. The Morgan fingerprint density at radius 3 is 1.35 bits per heavy atom. The van der Waals surface area contributed by atoms with Gasteiger partial charge in [0, 0.05) is 6.42 Å². The molecule has 0 aromatic heterocycles. The van der Waals surface area contributed by atoms with E-state index in [1.165, 1.54) is 173 Å². The smallest absolute Gasteiger partial charge is 0.387 e. The van der Waals surface area contributed by atoms with E-state index in [1.807, 2.05) is 27.2 Å². The standard InChI is InChI=1S/C46H93N2O6P/c1-6-8-10-12-14-15-16-17-18-19-20-21-22-23-24-25-26-27-28-29-30-31-32-34-35-37-39-45(49)44(43-54-55(51,52)53-42-41-48(3,4)5)47-46(50)40-38-36-33-13-11-9-7-2/h37,39,44-45,49H,6-36,38,40-43H2,1-5H3,(H-,47,50,51,52)/p+1/b39-37+. The van der Waals surface area contributed by atoms with Crippen molar-refractivity contribution in [3.63, 3.8) is 0 Å². The van der Waals surface area contributed by atoms with Gasteiger partial charge in [0.05, 0.1) is 39.9 Å². The molecule has 0 aliphatic heterocycles. The van der Waals surface area contributed by atoms with E-state index in [9.17, 15) is 19.4 Å². The van der Waals surface area contributed by atoms with Gasteiger partial charge >= 0.3 is 7.82 Å². The first kappa shape index (κ1) is 54.2. The molecule has 3 atom stereocenters. The zero-order chi connectivity index (χ0) is 40.7.